The molecule has 1 heterocycles. The van der Waals surface area contributed by atoms with Crippen molar-refractivity contribution in [1.82, 2.24) is 4.90 Å². The lowest BCUT2D eigenvalue weighted by atomic mass is 9.92. The molecule has 1 aliphatic rings. The lowest BCUT2D eigenvalue weighted by Gasteiger charge is -2.37. The van der Waals surface area contributed by atoms with Gasteiger partial charge in [-0.1, -0.05) is 13.0 Å². The fourth-order valence-electron chi connectivity index (χ4n) is 2.87. The van der Waals surface area contributed by atoms with Gasteiger partial charge in [0, 0.05) is 31.2 Å². The first kappa shape index (κ1) is 18.9. The van der Waals surface area contributed by atoms with Crippen LogP contribution in [0.4, 0.5) is 10.1 Å². The van der Waals surface area contributed by atoms with Gasteiger partial charge in [0.05, 0.1) is 0 Å². The number of nitrogens with two attached hydrogens (primary N) is 1. The Labute approximate surface area is 137 Å². The molecule has 2 unspecified atom stereocenters. The molecule has 1 aromatic rings. The molecular formula is C16H25ClFN3O. The van der Waals surface area contributed by atoms with Crippen LogP contribution in [-0.2, 0) is 4.79 Å². The minimum absolute atomic E-state index is 0. The van der Waals surface area contributed by atoms with Crippen molar-refractivity contribution in [1.29, 1.82) is 0 Å². The Morgan fingerprint density at radius 1 is 1.50 bits per heavy atom. The summed E-state index contributed by atoms with van der Waals surface area (Å²) in [6, 6.07) is 6.32. The van der Waals surface area contributed by atoms with Crippen molar-refractivity contribution in [3.63, 3.8) is 0 Å². The second-order valence-corrected chi connectivity index (χ2v) is 5.86. The topological polar surface area (TPSA) is 58.4 Å². The van der Waals surface area contributed by atoms with E-state index in [9.17, 15) is 9.18 Å². The second-order valence-electron chi connectivity index (χ2n) is 5.86. The summed E-state index contributed by atoms with van der Waals surface area (Å²) in [5.74, 6) is 0.270. The van der Waals surface area contributed by atoms with E-state index in [4.69, 9.17) is 5.73 Å². The number of nitrogens with one attached hydrogen (secondary N) is 1. The molecule has 0 aromatic heterocycles. The minimum atomic E-state index is -0.346. The Kier molecular flexibility index (Phi) is 7.79. The molecule has 1 amide bonds. The quantitative estimate of drug-likeness (QED) is 0.873. The maximum Gasteiger partial charge on any atom is 0.225 e. The SMILES string of the molecule is CC1CCN(CCC(=O)Nc2cccc(F)c2)C(CN)C1.Cl. The van der Waals surface area contributed by atoms with E-state index in [1.54, 1.807) is 12.1 Å². The number of rotatable bonds is 5. The number of amides is 1. The van der Waals surface area contributed by atoms with Crippen LogP contribution in [0.15, 0.2) is 24.3 Å². The number of carbonyl (C=O) groups is 1. The number of piperidine rings is 1. The molecule has 2 rings (SSSR count). The van der Waals surface area contributed by atoms with Gasteiger partial charge in [-0.25, -0.2) is 4.39 Å². The van der Waals surface area contributed by atoms with Gasteiger partial charge in [-0.05, 0) is 43.5 Å². The van der Waals surface area contributed by atoms with Crippen LogP contribution in [0, 0.1) is 11.7 Å². The molecule has 0 bridgehead atoms. The average Bonchev–Trinajstić information content (AvgIpc) is 2.45. The first-order valence-electron chi connectivity index (χ1n) is 7.58. The van der Waals surface area contributed by atoms with Crippen LogP contribution < -0.4 is 11.1 Å². The Hall–Kier alpha value is -1.17. The van der Waals surface area contributed by atoms with E-state index in [1.807, 2.05) is 0 Å². The molecule has 0 saturated carbocycles. The third kappa shape index (κ3) is 5.55. The largest absolute Gasteiger partial charge is 0.329 e. The fraction of sp³-hybridized carbons (Fsp3) is 0.562. The van der Waals surface area contributed by atoms with Crippen molar-refractivity contribution in [2.24, 2.45) is 11.7 Å². The summed E-state index contributed by atoms with van der Waals surface area (Å²) in [5, 5.41) is 2.73. The lowest BCUT2D eigenvalue weighted by Crippen LogP contribution is -2.47. The van der Waals surface area contributed by atoms with Crippen molar-refractivity contribution in [2.75, 3.05) is 25.0 Å². The molecular weight excluding hydrogens is 305 g/mol. The number of nitrogens with zero attached hydrogens (tertiary/aromatic N) is 1. The molecule has 1 aliphatic heterocycles. The fourth-order valence-corrected chi connectivity index (χ4v) is 2.87. The molecule has 1 aromatic carbocycles. The second kappa shape index (κ2) is 9.08. The predicted molar refractivity (Wildman–Crippen MR) is 89.7 cm³/mol. The molecule has 0 aliphatic carbocycles. The van der Waals surface area contributed by atoms with Crippen LogP contribution in [0.1, 0.15) is 26.2 Å². The van der Waals surface area contributed by atoms with Crippen molar-refractivity contribution in [3.05, 3.63) is 30.1 Å². The monoisotopic (exact) mass is 329 g/mol. The zero-order valence-electron chi connectivity index (χ0n) is 12.9. The first-order valence-corrected chi connectivity index (χ1v) is 7.58. The van der Waals surface area contributed by atoms with Gasteiger partial charge in [-0.3, -0.25) is 9.69 Å². The maximum absolute atomic E-state index is 13.1. The highest BCUT2D eigenvalue weighted by Crippen LogP contribution is 2.22. The third-order valence-electron chi connectivity index (χ3n) is 4.11. The van der Waals surface area contributed by atoms with Gasteiger partial charge < -0.3 is 11.1 Å². The van der Waals surface area contributed by atoms with E-state index in [0.29, 0.717) is 37.2 Å². The smallest absolute Gasteiger partial charge is 0.225 e. The van der Waals surface area contributed by atoms with E-state index in [1.165, 1.54) is 12.1 Å². The van der Waals surface area contributed by atoms with Crippen LogP contribution in [0.3, 0.4) is 0 Å². The first-order chi connectivity index (χ1) is 10.1. The van der Waals surface area contributed by atoms with Gasteiger partial charge in [0.2, 0.25) is 5.91 Å². The van der Waals surface area contributed by atoms with Gasteiger partial charge in [0.15, 0.2) is 0 Å². The summed E-state index contributed by atoms with van der Waals surface area (Å²) < 4.78 is 13.1. The average molecular weight is 330 g/mol. The number of benzene rings is 1. The molecule has 3 N–H and O–H groups in total. The van der Waals surface area contributed by atoms with Crippen molar-refractivity contribution in [3.8, 4) is 0 Å². The molecule has 2 atom stereocenters. The molecule has 0 spiro atoms. The molecule has 4 nitrogen and oxygen atoms in total. The van der Waals surface area contributed by atoms with Crippen molar-refractivity contribution < 1.29 is 9.18 Å². The highest BCUT2D eigenvalue weighted by atomic mass is 35.5. The van der Waals surface area contributed by atoms with Crippen LogP contribution in [0.2, 0.25) is 0 Å². The molecule has 0 radical (unpaired) electrons. The number of anilines is 1. The lowest BCUT2D eigenvalue weighted by molar-refractivity contribution is -0.116. The predicted octanol–water partition coefficient (Wildman–Crippen LogP) is 2.64. The van der Waals surface area contributed by atoms with Crippen LogP contribution >= 0.6 is 12.4 Å². The summed E-state index contributed by atoms with van der Waals surface area (Å²) in [6.45, 7) is 4.58. The Morgan fingerprint density at radius 3 is 2.95 bits per heavy atom. The van der Waals surface area contributed by atoms with Crippen LogP contribution in [0.25, 0.3) is 0 Å². The molecule has 1 fully saturated rings. The Morgan fingerprint density at radius 2 is 2.27 bits per heavy atom. The van der Waals surface area contributed by atoms with Gasteiger partial charge >= 0.3 is 0 Å². The van der Waals surface area contributed by atoms with Gasteiger partial charge in [-0.15, -0.1) is 12.4 Å². The summed E-state index contributed by atoms with van der Waals surface area (Å²) in [7, 11) is 0. The van der Waals surface area contributed by atoms with Crippen LogP contribution in [-0.4, -0.2) is 36.5 Å². The number of carbonyl (C=O) groups excluding carboxylic acids is 1. The zero-order chi connectivity index (χ0) is 15.2. The Bertz CT molecular complexity index is 486. The van der Waals surface area contributed by atoms with Gasteiger partial charge in [0.1, 0.15) is 5.82 Å². The van der Waals surface area contributed by atoms with E-state index in [0.717, 1.165) is 19.4 Å². The van der Waals surface area contributed by atoms with Crippen molar-refractivity contribution in [2.45, 2.75) is 32.2 Å². The summed E-state index contributed by atoms with van der Waals surface area (Å²) in [5.41, 5.74) is 6.32. The number of halogens is 2. The molecule has 22 heavy (non-hydrogen) atoms. The van der Waals surface area contributed by atoms with Crippen molar-refractivity contribution >= 4 is 24.0 Å². The standard InChI is InChI=1S/C16H24FN3O.ClH/c1-12-5-7-20(15(9-12)11-18)8-6-16(21)19-14-4-2-3-13(17)10-14;/h2-4,10,12,15H,5-9,11,18H2,1H3,(H,19,21);1H. The van der Waals surface area contributed by atoms with E-state index >= 15 is 0 Å². The molecule has 124 valence electrons. The summed E-state index contributed by atoms with van der Waals surface area (Å²) >= 11 is 0. The van der Waals surface area contributed by atoms with Gasteiger partial charge in [-0.2, -0.15) is 0 Å². The number of likely N-dealkylation sites (tertiary alicyclic amines) is 1. The van der Waals surface area contributed by atoms with Crippen LogP contribution in [0.5, 0.6) is 0 Å². The number of hydrogen-bond donors (Lipinski definition) is 2. The van der Waals surface area contributed by atoms with E-state index in [2.05, 4.69) is 17.1 Å². The zero-order valence-corrected chi connectivity index (χ0v) is 13.7. The summed E-state index contributed by atoms with van der Waals surface area (Å²) in [4.78, 5) is 14.2. The highest BCUT2D eigenvalue weighted by molar-refractivity contribution is 5.90. The highest BCUT2D eigenvalue weighted by Gasteiger charge is 2.25. The normalized spacial score (nSPS) is 22.0. The Balaban J connectivity index is 0.00000242. The minimum Gasteiger partial charge on any atom is -0.329 e. The molecule has 1 saturated heterocycles. The molecule has 6 heteroatoms. The number of hydrogen-bond acceptors (Lipinski definition) is 3. The van der Waals surface area contributed by atoms with E-state index < -0.39 is 0 Å². The van der Waals surface area contributed by atoms with E-state index in [-0.39, 0.29) is 24.1 Å². The summed E-state index contributed by atoms with van der Waals surface area (Å²) in [6.07, 6.45) is 2.66. The maximum atomic E-state index is 13.1. The van der Waals surface area contributed by atoms with Gasteiger partial charge in [0.25, 0.3) is 0 Å². The third-order valence-corrected chi connectivity index (χ3v) is 4.11.